The van der Waals surface area contributed by atoms with Gasteiger partial charge in [0.15, 0.2) is 0 Å². The van der Waals surface area contributed by atoms with Gasteiger partial charge in [0.2, 0.25) is 15.9 Å². The predicted octanol–water partition coefficient (Wildman–Crippen LogP) is 3.00. The van der Waals surface area contributed by atoms with Gasteiger partial charge in [0.1, 0.15) is 6.04 Å². The lowest BCUT2D eigenvalue weighted by Crippen LogP contribution is -2.45. The van der Waals surface area contributed by atoms with Crippen LogP contribution in [0.1, 0.15) is 18.1 Å². The molecule has 8 nitrogen and oxygen atoms in total. The zero-order valence-electron chi connectivity index (χ0n) is 15.5. The number of aryl methyl sites for hydroxylation is 2. The molecule has 0 fully saturated rings. The highest BCUT2D eigenvalue weighted by atomic mass is 32.2. The van der Waals surface area contributed by atoms with Gasteiger partial charge < -0.3 is 5.32 Å². The standard InChI is InChI=1S/C18H21N3O5S/c1-12-8-9-15(10-13(12)2)19-18(22)14(3)20(27(4,25)26)16-6-5-7-17(11-16)21(23)24/h5-11,14H,1-4H3,(H,19,22)/t14-/m1/s1. The molecule has 0 aliphatic rings. The summed E-state index contributed by atoms with van der Waals surface area (Å²) in [4.78, 5) is 23.0. The Morgan fingerprint density at radius 2 is 1.81 bits per heavy atom. The SMILES string of the molecule is Cc1ccc(NC(=O)[C@@H](C)N(c2cccc([N+](=O)[O-])c2)S(C)(=O)=O)cc1C. The Kier molecular flexibility index (Phi) is 5.85. The van der Waals surface area contributed by atoms with Gasteiger partial charge in [-0.15, -0.1) is 0 Å². The van der Waals surface area contributed by atoms with E-state index in [1.807, 2.05) is 19.9 Å². The predicted molar refractivity (Wildman–Crippen MR) is 104 cm³/mol. The third-order valence-corrected chi connectivity index (χ3v) is 5.40. The zero-order valence-corrected chi connectivity index (χ0v) is 16.3. The Bertz CT molecular complexity index is 988. The number of non-ortho nitro benzene ring substituents is 1. The van der Waals surface area contributed by atoms with Crippen molar-refractivity contribution in [2.45, 2.75) is 26.8 Å². The Hall–Kier alpha value is -2.94. The smallest absolute Gasteiger partial charge is 0.271 e. The molecule has 0 saturated heterocycles. The van der Waals surface area contributed by atoms with E-state index in [1.54, 1.807) is 12.1 Å². The fraction of sp³-hybridized carbons (Fsp3) is 0.278. The van der Waals surface area contributed by atoms with Crippen molar-refractivity contribution in [1.82, 2.24) is 0 Å². The zero-order chi connectivity index (χ0) is 20.4. The Morgan fingerprint density at radius 1 is 1.15 bits per heavy atom. The molecule has 144 valence electrons. The number of carbonyl (C=O) groups excluding carboxylic acids is 1. The number of hydrogen-bond donors (Lipinski definition) is 1. The third-order valence-electron chi connectivity index (χ3n) is 4.16. The molecule has 2 aromatic carbocycles. The number of rotatable bonds is 6. The van der Waals surface area contributed by atoms with Crippen LogP contribution in [0, 0.1) is 24.0 Å². The minimum absolute atomic E-state index is 0.0504. The molecule has 0 saturated carbocycles. The minimum atomic E-state index is -3.86. The van der Waals surface area contributed by atoms with Crippen LogP contribution >= 0.6 is 0 Å². The minimum Gasteiger partial charge on any atom is -0.324 e. The molecule has 2 aromatic rings. The van der Waals surface area contributed by atoms with Gasteiger partial charge >= 0.3 is 0 Å². The summed E-state index contributed by atoms with van der Waals surface area (Å²) in [6, 6.07) is 9.43. The van der Waals surface area contributed by atoms with Crippen LogP contribution < -0.4 is 9.62 Å². The first-order valence-corrected chi connectivity index (χ1v) is 9.97. The average Bonchev–Trinajstić information content (AvgIpc) is 2.57. The van der Waals surface area contributed by atoms with Gasteiger partial charge in [0.05, 0.1) is 16.9 Å². The van der Waals surface area contributed by atoms with E-state index in [0.29, 0.717) is 5.69 Å². The van der Waals surface area contributed by atoms with E-state index < -0.39 is 26.9 Å². The van der Waals surface area contributed by atoms with E-state index in [9.17, 15) is 23.3 Å². The Morgan fingerprint density at radius 3 is 2.37 bits per heavy atom. The van der Waals surface area contributed by atoms with Gasteiger partial charge in [-0.25, -0.2) is 8.42 Å². The van der Waals surface area contributed by atoms with Crippen molar-refractivity contribution >= 4 is 33.0 Å². The molecule has 0 heterocycles. The first kappa shape index (κ1) is 20.4. The highest BCUT2D eigenvalue weighted by molar-refractivity contribution is 7.92. The quantitative estimate of drug-likeness (QED) is 0.601. The van der Waals surface area contributed by atoms with Crippen molar-refractivity contribution in [1.29, 1.82) is 0 Å². The molecule has 0 aliphatic carbocycles. The first-order chi connectivity index (χ1) is 12.5. The maximum Gasteiger partial charge on any atom is 0.271 e. The van der Waals surface area contributed by atoms with Gasteiger partial charge in [-0.3, -0.25) is 19.2 Å². The van der Waals surface area contributed by atoms with Crippen molar-refractivity contribution in [3.63, 3.8) is 0 Å². The first-order valence-electron chi connectivity index (χ1n) is 8.12. The molecule has 2 rings (SSSR count). The molecule has 0 radical (unpaired) electrons. The molecule has 1 atom stereocenters. The van der Waals surface area contributed by atoms with Crippen molar-refractivity contribution < 1.29 is 18.1 Å². The number of nitro groups is 1. The summed E-state index contributed by atoms with van der Waals surface area (Å²) >= 11 is 0. The molecule has 0 unspecified atom stereocenters. The molecular formula is C18H21N3O5S. The Balaban J connectivity index is 2.36. The van der Waals surface area contributed by atoms with Crippen LogP contribution in [0.5, 0.6) is 0 Å². The highest BCUT2D eigenvalue weighted by Crippen LogP contribution is 2.26. The average molecular weight is 391 g/mol. The van der Waals surface area contributed by atoms with Crippen LogP contribution in [0.15, 0.2) is 42.5 Å². The Labute approximate surface area is 158 Å². The van der Waals surface area contributed by atoms with Crippen LogP contribution in [-0.4, -0.2) is 31.5 Å². The van der Waals surface area contributed by atoms with Gasteiger partial charge in [-0.2, -0.15) is 0 Å². The van der Waals surface area contributed by atoms with E-state index in [1.165, 1.54) is 25.1 Å². The molecule has 1 N–H and O–H groups in total. The van der Waals surface area contributed by atoms with E-state index in [-0.39, 0.29) is 11.4 Å². The summed E-state index contributed by atoms with van der Waals surface area (Å²) in [5.41, 5.74) is 2.38. The third kappa shape index (κ3) is 4.82. The lowest BCUT2D eigenvalue weighted by Gasteiger charge is -2.28. The molecule has 0 aromatic heterocycles. The number of amides is 1. The summed E-state index contributed by atoms with van der Waals surface area (Å²) in [6.45, 7) is 5.27. The largest absolute Gasteiger partial charge is 0.324 e. The highest BCUT2D eigenvalue weighted by Gasteiger charge is 2.30. The molecule has 9 heteroatoms. The van der Waals surface area contributed by atoms with Crippen LogP contribution in [0.25, 0.3) is 0 Å². The van der Waals surface area contributed by atoms with Gasteiger partial charge in [0.25, 0.3) is 5.69 Å². The van der Waals surface area contributed by atoms with Crippen LogP contribution in [0.3, 0.4) is 0 Å². The molecule has 0 bridgehead atoms. The second kappa shape index (κ2) is 7.75. The topological polar surface area (TPSA) is 110 Å². The summed E-state index contributed by atoms with van der Waals surface area (Å²) in [6.07, 6.45) is 0.950. The number of carbonyl (C=O) groups is 1. The van der Waals surface area contributed by atoms with Crippen molar-refractivity contribution in [3.05, 3.63) is 63.7 Å². The van der Waals surface area contributed by atoms with E-state index in [4.69, 9.17) is 0 Å². The van der Waals surface area contributed by atoms with Crippen molar-refractivity contribution in [2.75, 3.05) is 15.9 Å². The second-order valence-electron chi connectivity index (χ2n) is 6.30. The number of benzene rings is 2. The fourth-order valence-corrected chi connectivity index (χ4v) is 3.79. The lowest BCUT2D eigenvalue weighted by molar-refractivity contribution is -0.384. The molecule has 1 amide bonds. The van der Waals surface area contributed by atoms with E-state index in [2.05, 4.69) is 5.32 Å². The monoisotopic (exact) mass is 391 g/mol. The van der Waals surface area contributed by atoms with Crippen molar-refractivity contribution in [2.24, 2.45) is 0 Å². The summed E-state index contributed by atoms with van der Waals surface area (Å²) in [5.74, 6) is -0.546. The van der Waals surface area contributed by atoms with Crippen LogP contribution in [0.2, 0.25) is 0 Å². The van der Waals surface area contributed by atoms with Gasteiger partial charge in [-0.1, -0.05) is 12.1 Å². The van der Waals surface area contributed by atoms with Crippen molar-refractivity contribution in [3.8, 4) is 0 Å². The van der Waals surface area contributed by atoms with Gasteiger partial charge in [-0.05, 0) is 50.1 Å². The number of sulfonamides is 1. The number of nitro benzene ring substituents is 1. The number of hydrogen-bond acceptors (Lipinski definition) is 5. The molecule has 27 heavy (non-hydrogen) atoms. The second-order valence-corrected chi connectivity index (χ2v) is 8.16. The number of anilines is 2. The fourth-order valence-electron chi connectivity index (χ4n) is 2.62. The molecule has 0 aliphatic heterocycles. The number of nitrogens with zero attached hydrogens (tertiary/aromatic N) is 2. The summed E-state index contributed by atoms with van der Waals surface area (Å²) in [5, 5.41) is 13.7. The van der Waals surface area contributed by atoms with E-state index >= 15 is 0 Å². The summed E-state index contributed by atoms with van der Waals surface area (Å²) in [7, 11) is -3.86. The van der Waals surface area contributed by atoms with E-state index in [0.717, 1.165) is 27.8 Å². The number of nitrogens with one attached hydrogen (secondary N) is 1. The molecular weight excluding hydrogens is 370 g/mol. The molecule has 0 spiro atoms. The van der Waals surface area contributed by atoms with Crippen LogP contribution in [0.4, 0.5) is 17.1 Å². The lowest BCUT2D eigenvalue weighted by atomic mass is 10.1. The maximum atomic E-state index is 12.6. The maximum absolute atomic E-state index is 12.6. The van der Waals surface area contributed by atoms with Crippen LogP contribution in [-0.2, 0) is 14.8 Å². The van der Waals surface area contributed by atoms with Gasteiger partial charge in [0, 0.05) is 17.8 Å². The summed E-state index contributed by atoms with van der Waals surface area (Å²) < 4.78 is 25.4. The normalized spacial score (nSPS) is 12.3.